The molecule has 5 heteroatoms. The molecule has 0 spiro atoms. The third kappa shape index (κ3) is 2.48. The van der Waals surface area contributed by atoms with Gasteiger partial charge in [0.15, 0.2) is 0 Å². The molecule has 0 aliphatic carbocycles. The van der Waals surface area contributed by atoms with E-state index in [1.165, 1.54) is 25.3 Å². The van der Waals surface area contributed by atoms with Crippen molar-refractivity contribution in [1.82, 2.24) is 0 Å². The molecule has 0 heterocycles. The molecule has 1 aromatic carbocycles. The zero-order valence-electron chi connectivity index (χ0n) is 7.51. The molecule has 0 amide bonds. The predicted molar refractivity (Wildman–Crippen MR) is 50.7 cm³/mol. The van der Waals surface area contributed by atoms with Gasteiger partial charge < -0.3 is 9.84 Å². The van der Waals surface area contributed by atoms with Crippen molar-refractivity contribution in [1.29, 1.82) is 0 Å². The van der Waals surface area contributed by atoms with E-state index < -0.39 is 4.92 Å². The Hall–Kier alpha value is -2.04. The van der Waals surface area contributed by atoms with Crippen LogP contribution in [-0.4, -0.2) is 17.1 Å². The summed E-state index contributed by atoms with van der Waals surface area (Å²) in [6.07, 6.45) is 1.98. The number of rotatable bonds is 3. The molecule has 0 aliphatic heterocycles. The Morgan fingerprint density at radius 1 is 1.57 bits per heavy atom. The first kappa shape index (κ1) is 10.0. The zero-order chi connectivity index (χ0) is 10.6. The summed E-state index contributed by atoms with van der Waals surface area (Å²) in [7, 11) is 1.47. The molecule has 0 radical (unpaired) electrons. The second kappa shape index (κ2) is 4.27. The molecule has 0 unspecified atom stereocenters. The molecular formula is C9H9NO4. The molecule has 74 valence electrons. The Balaban J connectivity index is 2.94. The van der Waals surface area contributed by atoms with E-state index in [2.05, 4.69) is 0 Å². The lowest BCUT2D eigenvalue weighted by Crippen LogP contribution is -1.85. The van der Waals surface area contributed by atoms with Crippen molar-refractivity contribution < 1.29 is 14.8 Å². The molecule has 1 rings (SSSR count). The lowest BCUT2D eigenvalue weighted by Gasteiger charge is -2.01. The molecule has 0 saturated carbocycles. The van der Waals surface area contributed by atoms with Gasteiger partial charge in [-0.3, -0.25) is 10.1 Å². The average Bonchev–Trinajstić information content (AvgIpc) is 2.15. The van der Waals surface area contributed by atoms with Crippen LogP contribution in [0.3, 0.4) is 0 Å². The summed E-state index contributed by atoms with van der Waals surface area (Å²) in [6.45, 7) is 0. The first-order valence-corrected chi connectivity index (χ1v) is 3.82. The number of hydrogen-bond donors (Lipinski definition) is 1. The molecule has 0 aromatic heterocycles. The molecular weight excluding hydrogens is 186 g/mol. The summed E-state index contributed by atoms with van der Waals surface area (Å²) in [4.78, 5) is 9.43. The van der Waals surface area contributed by atoms with Crippen molar-refractivity contribution in [3.63, 3.8) is 0 Å². The standard InChI is InChI=1S/C9H9NO4/c1-14-8-3-2-7(9(11)6-8)4-5-10(12)13/h2-6,11H,1H3/b5-4-. The van der Waals surface area contributed by atoms with Crippen LogP contribution in [0.5, 0.6) is 11.5 Å². The van der Waals surface area contributed by atoms with E-state index in [1.807, 2.05) is 0 Å². The maximum Gasteiger partial charge on any atom is 0.235 e. The van der Waals surface area contributed by atoms with Crippen LogP contribution < -0.4 is 4.74 Å². The fourth-order valence-electron chi connectivity index (χ4n) is 0.933. The van der Waals surface area contributed by atoms with E-state index in [0.717, 1.165) is 6.20 Å². The van der Waals surface area contributed by atoms with E-state index in [9.17, 15) is 15.2 Å². The van der Waals surface area contributed by atoms with Gasteiger partial charge in [0.25, 0.3) is 0 Å². The summed E-state index contributed by atoms with van der Waals surface area (Å²) < 4.78 is 4.86. The fraction of sp³-hybridized carbons (Fsp3) is 0.111. The Labute approximate surface area is 80.4 Å². The number of phenols is 1. The number of nitro groups is 1. The molecule has 0 fully saturated rings. The second-order valence-corrected chi connectivity index (χ2v) is 2.53. The monoisotopic (exact) mass is 195 g/mol. The van der Waals surface area contributed by atoms with Crippen LogP contribution in [-0.2, 0) is 0 Å². The van der Waals surface area contributed by atoms with E-state index in [1.54, 1.807) is 6.07 Å². The Morgan fingerprint density at radius 3 is 2.79 bits per heavy atom. The van der Waals surface area contributed by atoms with Crippen LogP contribution in [0.25, 0.3) is 6.08 Å². The SMILES string of the molecule is COc1ccc(/C=C\[N+](=O)[O-])c(O)c1. The van der Waals surface area contributed by atoms with Crippen molar-refractivity contribution in [3.05, 3.63) is 40.1 Å². The summed E-state index contributed by atoms with van der Waals surface area (Å²) in [6, 6.07) is 4.53. The van der Waals surface area contributed by atoms with Gasteiger partial charge in [-0.05, 0) is 12.1 Å². The summed E-state index contributed by atoms with van der Waals surface area (Å²) in [5.41, 5.74) is 0.377. The van der Waals surface area contributed by atoms with Crippen molar-refractivity contribution >= 4 is 6.08 Å². The third-order valence-electron chi connectivity index (χ3n) is 1.61. The maximum absolute atomic E-state index is 10.0. The molecule has 0 aliphatic rings. The largest absolute Gasteiger partial charge is 0.507 e. The fourth-order valence-corrected chi connectivity index (χ4v) is 0.933. The summed E-state index contributed by atoms with van der Waals surface area (Å²) in [5.74, 6) is 0.447. The minimum Gasteiger partial charge on any atom is -0.507 e. The van der Waals surface area contributed by atoms with Crippen LogP contribution in [0, 0.1) is 10.1 Å². The number of aromatic hydroxyl groups is 1. The topological polar surface area (TPSA) is 72.6 Å². The summed E-state index contributed by atoms with van der Waals surface area (Å²) >= 11 is 0. The van der Waals surface area contributed by atoms with Crippen molar-refractivity contribution in [2.75, 3.05) is 7.11 Å². The van der Waals surface area contributed by atoms with E-state index >= 15 is 0 Å². The van der Waals surface area contributed by atoms with E-state index in [0.29, 0.717) is 11.3 Å². The third-order valence-corrected chi connectivity index (χ3v) is 1.61. The van der Waals surface area contributed by atoms with Crippen LogP contribution in [0.15, 0.2) is 24.4 Å². The van der Waals surface area contributed by atoms with Gasteiger partial charge >= 0.3 is 0 Å². The number of nitrogens with zero attached hydrogens (tertiary/aromatic N) is 1. The second-order valence-electron chi connectivity index (χ2n) is 2.53. The molecule has 0 bridgehead atoms. The highest BCUT2D eigenvalue weighted by Crippen LogP contribution is 2.24. The molecule has 1 N–H and O–H groups in total. The molecule has 0 saturated heterocycles. The lowest BCUT2D eigenvalue weighted by atomic mass is 10.2. The Bertz CT molecular complexity index is 373. The lowest BCUT2D eigenvalue weighted by molar-refractivity contribution is -0.400. The number of phenolic OH excluding ortho intramolecular Hbond substituents is 1. The highest BCUT2D eigenvalue weighted by atomic mass is 16.6. The van der Waals surface area contributed by atoms with Crippen molar-refractivity contribution in [2.45, 2.75) is 0 Å². The molecule has 14 heavy (non-hydrogen) atoms. The van der Waals surface area contributed by atoms with Crippen molar-refractivity contribution in [2.24, 2.45) is 0 Å². The van der Waals surface area contributed by atoms with Gasteiger partial charge in [0.2, 0.25) is 6.20 Å². The van der Waals surface area contributed by atoms with Crippen LogP contribution >= 0.6 is 0 Å². The first-order chi connectivity index (χ1) is 6.63. The average molecular weight is 195 g/mol. The number of benzene rings is 1. The van der Waals surface area contributed by atoms with Gasteiger partial charge in [0.1, 0.15) is 11.5 Å². The zero-order valence-corrected chi connectivity index (χ0v) is 7.51. The van der Waals surface area contributed by atoms with E-state index in [-0.39, 0.29) is 5.75 Å². The van der Waals surface area contributed by atoms with Crippen molar-refractivity contribution in [3.8, 4) is 11.5 Å². The Morgan fingerprint density at radius 2 is 2.29 bits per heavy atom. The molecule has 0 atom stereocenters. The van der Waals surface area contributed by atoms with Gasteiger partial charge in [0.05, 0.1) is 12.0 Å². The minimum absolute atomic E-state index is 0.0533. The van der Waals surface area contributed by atoms with Crippen LogP contribution in [0.4, 0.5) is 0 Å². The predicted octanol–water partition coefficient (Wildman–Crippen LogP) is 1.65. The number of ether oxygens (including phenoxy) is 1. The molecule has 1 aromatic rings. The number of hydrogen-bond acceptors (Lipinski definition) is 4. The smallest absolute Gasteiger partial charge is 0.235 e. The highest BCUT2D eigenvalue weighted by Gasteiger charge is 2.00. The van der Waals surface area contributed by atoms with Gasteiger partial charge in [-0.1, -0.05) is 0 Å². The summed E-state index contributed by atoms with van der Waals surface area (Å²) in [5, 5.41) is 19.4. The van der Waals surface area contributed by atoms with Crippen LogP contribution in [0.2, 0.25) is 0 Å². The van der Waals surface area contributed by atoms with Gasteiger partial charge in [-0.15, -0.1) is 0 Å². The van der Waals surface area contributed by atoms with E-state index in [4.69, 9.17) is 4.74 Å². The minimum atomic E-state index is -0.594. The Kier molecular flexibility index (Phi) is 3.06. The van der Waals surface area contributed by atoms with Gasteiger partial charge in [0, 0.05) is 17.7 Å². The van der Waals surface area contributed by atoms with Gasteiger partial charge in [-0.25, -0.2) is 0 Å². The quantitative estimate of drug-likeness (QED) is 0.587. The first-order valence-electron chi connectivity index (χ1n) is 3.82. The maximum atomic E-state index is 10.0. The molecule has 5 nitrogen and oxygen atoms in total. The van der Waals surface area contributed by atoms with Crippen LogP contribution in [0.1, 0.15) is 5.56 Å². The number of methoxy groups -OCH3 is 1. The highest BCUT2D eigenvalue weighted by molar-refractivity contribution is 5.57. The normalized spacial score (nSPS) is 10.4. The van der Waals surface area contributed by atoms with Gasteiger partial charge in [-0.2, -0.15) is 0 Å².